The minimum Gasteiger partial charge on any atom is -0.350 e. The Bertz CT molecular complexity index is 829. The summed E-state index contributed by atoms with van der Waals surface area (Å²) in [5.41, 5.74) is 2.44. The molecular formula is C18H20N6O. The Balaban J connectivity index is 1.29. The van der Waals surface area contributed by atoms with Crippen LogP contribution in [0, 0.1) is 5.92 Å². The number of aromatic amines is 1. The zero-order chi connectivity index (χ0) is 17.1. The lowest BCUT2D eigenvalue weighted by atomic mass is 10.1. The average Bonchev–Trinajstić information content (AvgIpc) is 3.26. The third kappa shape index (κ3) is 3.66. The van der Waals surface area contributed by atoms with Crippen molar-refractivity contribution < 1.29 is 4.79 Å². The lowest BCUT2D eigenvalue weighted by Gasteiger charge is -2.14. The Labute approximate surface area is 145 Å². The third-order valence-corrected chi connectivity index (χ3v) is 4.54. The zero-order valence-corrected chi connectivity index (χ0v) is 13.9. The van der Waals surface area contributed by atoms with Gasteiger partial charge >= 0.3 is 0 Å². The van der Waals surface area contributed by atoms with Crippen LogP contribution in [-0.4, -0.2) is 50.6 Å². The van der Waals surface area contributed by atoms with Crippen LogP contribution in [0.2, 0.25) is 0 Å². The Morgan fingerprint density at radius 1 is 1.28 bits per heavy atom. The van der Waals surface area contributed by atoms with E-state index >= 15 is 0 Å². The number of amides is 1. The monoisotopic (exact) mass is 336 g/mol. The molecule has 7 heteroatoms. The summed E-state index contributed by atoms with van der Waals surface area (Å²) in [5, 5.41) is 10.5. The van der Waals surface area contributed by atoms with Crippen molar-refractivity contribution in [2.45, 2.75) is 13.0 Å². The van der Waals surface area contributed by atoms with E-state index in [1.807, 2.05) is 24.3 Å². The lowest BCUT2D eigenvalue weighted by molar-refractivity contribution is 0.0941. The van der Waals surface area contributed by atoms with Crippen LogP contribution in [-0.2, 0) is 6.54 Å². The number of aromatic nitrogens is 4. The van der Waals surface area contributed by atoms with Crippen LogP contribution < -0.4 is 5.32 Å². The highest BCUT2D eigenvalue weighted by molar-refractivity contribution is 5.91. The van der Waals surface area contributed by atoms with Gasteiger partial charge in [0.1, 0.15) is 5.82 Å². The largest absolute Gasteiger partial charge is 0.350 e. The molecule has 1 amide bonds. The molecular weight excluding hydrogens is 316 g/mol. The van der Waals surface area contributed by atoms with Gasteiger partial charge in [-0.1, -0.05) is 12.1 Å². The number of hydrogen-bond donors (Lipinski definition) is 2. The van der Waals surface area contributed by atoms with Gasteiger partial charge in [-0.3, -0.25) is 9.69 Å². The number of nitrogens with one attached hydrogen (secondary N) is 2. The van der Waals surface area contributed by atoms with Gasteiger partial charge in [-0.2, -0.15) is 5.10 Å². The smallest absolute Gasteiger partial charge is 0.271 e. The average molecular weight is 336 g/mol. The van der Waals surface area contributed by atoms with Gasteiger partial charge in [0.25, 0.3) is 5.91 Å². The summed E-state index contributed by atoms with van der Waals surface area (Å²) in [4.78, 5) is 22.4. The molecule has 0 unspecified atom stereocenters. The molecule has 0 spiro atoms. The molecule has 2 aromatic heterocycles. The standard InChI is InChI=1S/C18H20N6O/c25-18(16-6-3-8-20-23-16)19-10-13-7-9-24(11-13)12-17-21-14-4-1-2-5-15(14)22-17/h1-6,8,13H,7,9-12H2,(H,19,25)(H,21,22)/t13-/m0/s1. The van der Waals surface area contributed by atoms with Crippen LogP contribution in [0.1, 0.15) is 22.7 Å². The molecule has 7 nitrogen and oxygen atoms in total. The number of hydrogen-bond acceptors (Lipinski definition) is 5. The fraction of sp³-hybridized carbons (Fsp3) is 0.333. The van der Waals surface area contributed by atoms with Gasteiger partial charge in [-0.15, -0.1) is 5.10 Å². The summed E-state index contributed by atoms with van der Waals surface area (Å²) in [5.74, 6) is 1.28. The van der Waals surface area contributed by atoms with E-state index in [0.717, 1.165) is 42.9 Å². The zero-order valence-electron chi connectivity index (χ0n) is 13.9. The number of carbonyl (C=O) groups is 1. The van der Waals surface area contributed by atoms with Crippen molar-refractivity contribution in [3.05, 3.63) is 54.1 Å². The van der Waals surface area contributed by atoms with Crippen molar-refractivity contribution in [3.8, 4) is 0 Å². The van der Waals surface area contributed by atoms with E-state index < -0.39 is 0 Å². The van der Waals surface area contributed by atoms with Gasteiger partial charge < -0.3 is 10.3 Å². The van der Waals surface area contributed by atoms with Crippen LogP contribution in [0.5, 0.6) is 0 Å². The molecule has 25 heavy (non-hydrogen) atoms. The van der Waals surface area contributed by atoms with E-state index in [1.165, 1.54) is 0 Å². The molecule has 0 radical (unpaired) electrons. The molecule has 1 fully saturated rings. The highest BCUT2D eigenvalue weighted by Gasteiger charge is 2.24. The SMILES string of the molecule is O=C(NC[C@@H]1CCN(Cc2nc3ccccc3[nH]2)C1)c1cccnn1. The van der Waals surface area contributed by atoms with E-state index in [-0.39, 0.29) is 5.91 Å². The second kappa shape index (κ2) is 6.98. The molecule has 1 aromatic carbocycles. The second-order valence-electron chi connectivity index (χ2n) is 6.41. The summed E-state index contributed by atoms with van der Waals surface area (Å²) in [6, 6.07) is 11.5. The Kier molecular flexibility index (Phi) is 4.39. The first-order valence-electron chi connectivity index (χ1n) is 8.50. The van der Waals surface area contributed by atoms with Gasteiger partial charge in [-0.25, -0.2) is 4.98 Å². The normalized spacial score (nSPS) is 17.8. The highest BCUT2D eigenvalue weighted by Crippen LogP contribution is 2.18. The van der Waals surface area contributed by atoms with Crippen LogP contribution in [0.25, 0.3) is 11.0 Å². The maximum Gasteiger partial charge on any atom is 0.271 e. The number of likely N-dealkylation sites (tertiary alicyclic amines) is 1. The van der Waals surface area contributed by atoms with Crippen LogP contribution in [0.4, 0.5) is 0 Å². The van der Waals surface area contributed by atoms with E-state index in [4.69, 9.17) is 0 Å². The second-order valence-corrected chi connectivity index (χ2v) is 6.41. The Morgan fingerprint density at radius 3 is 3.04 bits per heavy atom. The number of H-pyrrole nitrogens is 1. The van der Waals surface area contributed by atoms with Crippen LogP contribution in [0.15, 0.2) is 42.6 Å². The third-order valence-electron chi connectivity index (χ3n) is 4.54. The molecule has 1 saturated heterocycles. The molecule has 128 valence electrons. The topological polar surface area (TPSA) is 86.8 Å². The number of benzene rings is 1. The summed E-state index contributed by atoms with van der Waals surface area (Å²) in [6.45, 7) is 3.44. The van der Waals surface area contributed by atoms with Crippen molar-refractivity contribution in [1.29, 1.82) is 0 Å². The number of para-hydroxylation sites is 2. The number of nitrogens with zero attached hydrogens (tertiary/aromatic N) is 4. The van der Waals surface area contributed by atoms with Gasteiger partial charge in [0.05, 0.1) is 17.6 Å². The minimum atomic E-state index is -0.163. The molecule has 0 aliphatic carbocycles. The molecule has 1 aliphatic heterocycles. The van der Waals surface area contributed by atoms with Crippen LogP contribution in [0.3, 0.4) is 0 Å². The molecule has 2 N–H and O–H groups in total. The van der Waals surface area contributed by atoms with Crippen molar-refractivity contribution >= 4 is 16.9 Å². The first-order valence-corrected chi connectivity index (χ1v) is 8.50. The molecule has 1 aliphatic rings. The van der Waals surface area contributed by atoms with Crippen molar-refractivity contribution in [2.24, 2.45) is 5.92 Å². The molecule has 3 aromatic rings. The first-order chi connectivity index (χ1) is 12.3. The fourth-order valence-electron chi connectivity index (χ4n) is 3.27. The summed E-state index contributed by atoms with van der Waals surface area (Å²) in [6.07, 6.45) is 2.63. The lowest BCUT2D eigenvalue weighted by Crippen LogP contribution is -2.31. The van der Waals surface area contributed by atoms with Gasteiger partial charge in [0, 0.05) is 19.3 Å². The van der Waals surface area contributed by atoms with E-state index in [2.05, 4.69) is 30.4 Å². The van der Waals surface area contributed by atoms with Gasteiger partial charge in [0.2, 0.25) is 0 Å². The summed E-state index contributed by atoms with van der Waals surface area (Å²) >= 11 is 0. The quantitative estimate of drug-likeness (QED) is 0.739. The molecule has 0 bridgehead atoms. The van der Waals surface area contributed by atoms with Crippen LogP contribution >= 0.6 is 0 Å². The van der Waals surface area contributed by atoms with Crippen molar-refractivity contribution in [2.75, 3.05) is 19.6 Å². The van der Waals surface area contributed by atoms with E-state index in [0.29, 0.717) is 18.2 Å². The Morgan fingerprint density at radius 2 is 2.20 bits per heavy atom. The van der Waals surface area contributed by atoms with Gasteiger partial charge in [-0.05, 0) is 43.1 Å². The van der Waals surface area contributed by atoms with Gasteiger partial charge in [0.15, 0.2) is 5.69 Å². The number of fused-ring (bicyclic) bond motifs is 1. The van der Waals surface area contributed by atoms with Crippen molar-refractivity contribution in [3.63, 3.8) is 0 Å². The maximum absolute atomic E-state index is 12.0. The fourth-order valence-corrected chi connectivity index (χ4v) is 3.27. The predicted molar refractivity (Wildman–Crippen MR) is 93.8 cm³/mol. The number of imidazole rings is 1. The molecule has 4 rings (SSSR count). The molecule has 3 heterocycles. The highest BCUT2D eigenvalue weighted by atomic mass is 16.1. The first kappa shape index (κ1) is 15.7. The van der Waals surface area contributed by atoms with E-state index in [1.54, 1.807) is 18.3 Å². The molecule has 0 saturated carbocycles. The predicted octanol–water partition coefficient (Wildman–Crippen LogP) is 1.60. The summed E-state index contributed by atoms with van der Waals surface area (Å²) in [7, 11) is 0. The Hall–Kier alpha value is -2.80. The summed E-state index contributed by atoms with van der Waals surface area (Å²) < 4.78 is 0. The van der Waals surface area contributed by atoms with E-state index in [9.17, 15) is 4.79 Å². The maximum atomic E-state index is 12.0. The minimum absolute atomic E-state index is 0.163. The number of carbonyl (C=O) groups excluding carboxylic acids is 1. The molecule has 1 atom stereocenters. The van der Waals surface area contributed by atoms with Crippen molar-refractivity contribution in [1.82, 2.24) is 30.4 Å². The number of rotatable bonds is 5.